The minimum atomic E-state index is 0.659. The van der Waals surface area contributed by atoms with Gasteiger partial charge in [-0.1, -0.05) is 30.3 Å². The summed E-state index contributed by atoms with van der Waals surface area (Å²) in [6.45, 7) is 12.8. The molecule has 3 unspecified atom stereocenters. The number of fused-ring (bicyclic) bond motifs is 1. The molecule has 172 valence electrons. The van der Waals surface area contributed by atoms with Crippen LogP contribution in [0.15, 0.2) is 35.3 Å². The number of likely N-dealkylation sites (tertiary alicyclic amines) is 3. The van der Waals surface area contributed by atoms with E-state index in [0.29, 0.717) is 6.04 Å². The van der Waals surface area contributed by atoms with E-state index in [4.69, 9.17) is 0 Å². The molecule has 3 aliphatic heterocycles. The highest BCUT2D eigenvalue weighted by atomic mass is 15.3. The molecule has 0 radical (unpaired) electrons. The molecule has 31 heavy (non-hydrogen) atoms. The maximum absolute atomic E-state index is 4.68. The van der Waals surface area contributed by atoms with Gasteiger partial charge in [-0.15, -0.1) is 0 Å². The topological polar surface area (TPSA) is 34.1 Å². The summed E-state index contributed by atoms with van der Waals surface area (Å²) >= 11 is 0. The molecule has 0 aromatic heterocycles. The molecule has 3 aliphatic rings. The highest BCUT2D eigenvalue weighted by molar-refractivity contribution is 5.80. The average Bonchev–Trinajstić information content (AvgIpc) is 2.80. The Morgan fingerprint density at radius 2 is 1.84 bits per heavy atom. The fourth-order valence-electron chi connectivity index (χ4n) is 6.01. The van der Waals surface area contributed by atoms with Gasteiger partial charge in [-0.25, -0.2) is 0 Å². The van der Waals surface area contributed by atoms with Gasteiger partial charge in [-0.3, -0.25) is 9.89 Å². The number of rotatable bonds is 5. The number of benzene rings is 1. The molecular formula is C26H43N5. The largest absolute Gasteiger partial charge is 0.356 e. The van der Waals surface area contributed by atoms with Crippen molar-refractivity contribution < 1.29 is 0 Å². The Labute approximate surface area is 189 Å². The summed E-state index contributed by atoms with van der Waals surface area (Å²) in [5, 5.41) is 3.75. The van der Waals surface area contributed by atoms with Gasteiger partial charge in [0, 0.05) is 51.9 Å². The van der Waals surface area contributed by atoms with E-state index in [2.05, 4.69) is 69.2 Å². The molecule has 3 fully saturated rings. The average molecular weight is 426 g/mol. The first-order valence-electron chi connectivity index (χ1n) is 12.6. The summed E-state index contributed by atoms with van der Waals surface area (Å²) in [6, 6.07) is 12.4. The fraction of sp³-hybridized carbons (Fsp3) is 0.731. The van der Waals surface area contributed by atoms with E-state index in [1.165, 1.54) is 57.3 Å². The van der Waals surface area contributed by atoms with Crippen LogP contribution in [0.1, 0.15) is 51.5 Å². The van der Waals surface area contributed by atoms with Gasteiger partial charge in [0.1, 0.15) is 0 Å². The van der Waals surface area contributed by atoms with Gasteiger partial charge in [0.15, 0.2) is 5.96 Å². The van der Waals surface area contributed by atoms with Crippen LogP contribution < -0.4 is 5.32 Å². The second-order valence-corrected chi connectivity index (χ2v) is 10.2. The third kappa shape index (κ3) is 5.81. The van der Waals surface area contributed by atoms with E-state index >= 15 is 0 Å². The molecule has 0 amide bonds. The Balaban J connectivity index is 1.30. The van der Waals surface area contributed by atoms with Crippen LogP contribution in [0.4, 0.5) is 0 Å². The maximum Gasteiger partial charge on any atom is 0.193 e. The van der Waals surface area contributed by atoms with Crippen molar-refractivity contribution in [1.29, 1.82) is 0 Å². The lowest BCUT2D eigenvalue weighted by atomic mass is 9.83. The van der Waals surface area contributed by atoms with Crippen molar-refractivity contribution in [3.05, 3.63) is 35.9 Å². The molecule has 0 aliphatic carbocycles. The molecule has 1 aromatic carbocycles. The van der Waals surface area contributed by atoms with Crippen molar-refractivity contribution in [3.8, 4) is 0 Å². The van der Waals surface area contributed by atoms with Crippen molar-refractivity contribution in [2.45, 2.75) is 64.6 Å². The van der Waals surface area contributed by atoms with Crippen molar-refractivity contribution >= 4 is 5.96 Å². The Kier molecular flexibility index (Phi) is 7.89. The van der Waals surface area contributed by atoms with Gasteiger partial charge in [-0.05, 0) is 76.4 Å². The quantitative estimate of drug-likeness (QED) is 0.577. The standard InChI is InChI=1S/C26H43N5/c1-21(2)29-14-7-11-23(19-29)17-28-26(27-3)31-16-13-25-24(20-31)12-8-15-30(25)18-22-9-5-4-6-10-22/h4-6,9-10,21,23-25H,7-8,11-20H2,1-3H3,(H,27,28). The molecule has 5 nitrogen and oxygen atoms in total. The molecule has 1 aromatic rings. The normalized spacial score (nSPS) is 28.6. The monoisotopic (exact) mass is 425 g/mol. The minimum absolute atomic E-state index is 0.659. The summed E-state index contributed by atoms with van der Waals surface area (Å²) < 4.78 is 0. The van der Waals surface area contributed by atoms with Crippen LogP contribution in [0.3, 0.4) is 0 Å². The number of aliphatic imine (C=N–C) groups is 1. The molecule has 3 atom stereocenters. The number of hydrogen-bond acceptors (Lipinski definition) is 3. The van der Waals surface area contributed by atoms with E-state index in [9.17, 15) is 0 Å². The summed E-state index contributed by atoms with van der Waals surface area (Å²) in [7, 11) is 1.96. The molecule has 1 N–H and O–H groups in total. The zero-order valence-electron chi connectivity index (χ0n) is 20.0. The lowest BCUT2D eigenvalue weighted by Gasteiger charge is -2.48. The molecule has 0 saturated carbocycles. The molecule has 5 heteroatoms. The van der Waals surface area contributed by atoms with Gasteiger partial charge < -0.3 is 15.1 Å². The first-order valence-corrected chi connectivity index (χ1v) is 12.6. The Bertz CT molecular complexity index is 703. The van der Waals surface area contributed by atoms with Crippen LogP contribution >= 0.6 is 0 Å². The van der Waals surface area contributed by atoms with Crippen LogP contribution in [0.2, 0.25) is 0 Å². The number of nitrogens with zero attached hydrogens (tertiary/aromatic N) is 4. The van der Waals surface area contributed by atoms with E-state index in [0.717, 1.165) is 50.0 Å². The second-order valence-electron chi connectivity index (χ2n) is 10.2. The van der Waals surface area contributed by atoms with Crippen LogP contribution in [0, 0.1) is 11.8 Å². The highest BCUT2D eigenvalue weighted by Gasteiger charge is 2.36. The maximum atomic E-state index is 4.68. The summed E-state index contributed by atoms with van der Waals surface area (Å²) in [6.07, 6.45) is 6.60. The molecule has 4 rings (SSSR count). The Hall–Kier alpha value is -1.59. The minimum Gasteiger partial charge on any atom is -0.356 e. The van der Waals surface area contributed by atoms with E-state index in [1.54, 1.807) is 0 Å². The highest BCUT2D eigenvalue weighted by Crippen LogP contribution is 2.31. The van der Waals surface area contributed by atoms with Crippen molar-refractivity contribution in [1.82, 2.24) is 20.0 Å². The summed E-state index contributed by atoms with van der Waals surface area (Å²) in [5.41, 5.74) is 1.45. The molecule has 0 bridgehead atoms. The number of nitrogens with one attached hydrogen (secondary N) is 1. The fourth-order valence-corrected chi connectivity index (χ4v) is 6.01. The Morgan fingerprint density at radius 3 is 2.61 bits per heavy atom. The van der Waals surface area contributed by atoms with Crippen molar-refractivity contribution in [2.24, 2.45) is 16.8 Å². The third-order valence-corrected chi connectivity index (χ3v) is 7.75. The summed E-state index contributed by atoms with van der Waals surface area (Å²) in [5.74, 6) is 2.62. The second kappa shape index (κ2) is 10.8. The van der Waals surface area contributed by atoms with Gasteiger partial charge in [0.2, 0.25) is 0 Å². The lowest BCUT2D eigenvalue weighted by molar-refractivity contribution is 0.0371. The lowest BCUT2D eigenvalue weighted by Crippen LogP contribution is -2.57. The van der Waals surface area contributed by atoms with E-state index in [1.807, 2.05) is 7.05 Å². The van der Waals surface area contributed by atoms with Crippen LogP contribution in [0.25, 0.3) is 0 Å². The SMILES string of the molecule is CN=C(NCC1CCCN(C(C)C)C1)N1CCC2C(CCCN2Cc2ccccc2)C1. The zero-order valence-corrected chi connectivity index (χ0v) is 20.0. The Morgan fingerprint density at radius 1 is 1.03 bits per heavy atom. The molecule has 0 spiro atoms. The molecule has 3 heterocycles. The van der Waals surface area contributed by atoms with Gasteiger partial charge in [0.05, 0.1) is 0 Å². The first kappa shape index (κ1) is 22.6. The smallest absolute Gasteiger partial charge is 0.193 e. The molecule has 3 saturated heterocycles. The van der Waals surface area contributed by atoms with Crippen LogP contribution in [-0.4, -0.2) is 79.1 Å². The van der Waals surface area contributed by atoms with Crippen LogP contribution in [-0.2, 0) is 6.54 Å². The number of piperidine rings is 3. The van der Waals surface area contributed by atoms with Crippen molar-refractivity contribution in [2.75, 3.05) is 46.3 Å². The third-order valence-electron chi connectivity index (χ3n) is 7.75. The number of guanidine groups is 1. The molecular weight excluding hydrogens is 382 g/mol. The summed E-state index contributed by atoms with van der Waals surface area (Å²) in [4.78, 5) is 12.6. The van der Waals surface area contributed by atoms with Gasteiger partial charge in [-0.2, -0.15) is 0 Å². The zero-order chi connectivity index (χ0) is 21.6. The number of hydrogen-bond donors (Lipinski definition) is 1. The van der Waals surface area contributed by atoms with Gasteiger partial charge >= 0.3 is 0 Å². The van der Waals surface area contributed by atoms with Crippen molar-refractivity contribution in [3.63, 3.8) is 0 Å². The predicted molar refractivity (Wildman–Crippen MR) is 130 cm³/mol. The van der Waals surface area contributed by atoms with Gasteiger partial charge in [0.25, 0.3) is 0 Å². The van der Waals surface area contributed by atoms with E-state index in [-0.39, 0.29) is 0 Å². The van der Waals surface area contributed by atoms with E-state index < -0.39 is 0 Å². The predicted octanol–water partition coefficient (Wildman–Crippen LogP) is 3.67. The first-order chi connectivity index (χ1) is 15.1. The van der Waals surface area contributed by atoms with Crippen LogP contribution in [0.5, 0.6) is 0 Å².